The van der Waals surface area contributed by atoms with E-state index in [1.807, 2.05) is 0 Å². The molecular formula is C45H40N2. The Morgan fingerprint density at radius 2 is 1.40 bits per heavy atom. The zero-order valence-electron chi connectivity index (χ0n) is 27.3. The van der Waals surface area contributed by atoms with E-state index in [1.165, 1.54) is 72.9 Å². The Balaban J connectivity index is 1.13. The standard InChI is InChI=1S/C45H40N2/c1-45(2)38-19-9-6-15-32(38)35-18-12-22-43(44(35)45)47-40-21-11-8-17-34(40)37-28-30(24-26-42(37)47)29-23-25-41-36(27-29)33-16-7-10-20-39(33)46(41)31-13-4-3-5-14-31/h3-4,8-13,17-28,35,44H,5-7,14-16H2,1-2H3. The van der Waals surface area contributed by atoms with Crippen molar-refractivity contribution in [1.82, 2.24) is 9.13 Å². The summed E-state index contributed by atoms with van der Waals surface area (Å²) in [5.41, 5.74) is 15.5. The third-order valence-electron chi connectivity index (χ3n) is 11.8. The first-order chi connectivity index (χ1) is 23.1. The number of fused-ring (bicyclic) bond motifs is 8. The van der Waals surface area contributed by atoms with Gasteiger partial charge in [0.05, 0.1) is 16.6 Å². The van der Waals surface area contributed by atoms with Crippen molar-refractivity contribution >= 4 is 50.2 Å². The highest BCUT2D eigenvalue weighted by Gasteiger charge is 2.49. The van der Waals surface area contributed by atoms with Gasteiger partial charge in [0, 0.05) is 45.1 Å². The van der Waals surface area contributed by atoms with Crippen LogP contribution in [0.2, 0.25) is 0 Å². The minimum Gasteiger partial charge on any atom is -0.313 e. The van der Waals surface area contributed by atoms with E-state index in [9.17, 15) is 0 Å². The average Bonchev–Trinajstić information content (AvgIpc) is 3.72. The second-order valence-corrected chi connectivity index (χ2v) is 14.7. The molecule has 3 aromatic carbocycles. The summed E-state index contributed by atoms with van der Waals surface area (Å²) < 4.78 is 5.12. The van der Waals surface area contributed by atoms with Crippen LogP contribution >= 0.6 is 0 Å². The van der Waals surface area contributed by atoms with Crippen molar-refractivity contribution < 1.29 is 0 Å². The molecule has 5 aliphatic rings. The molecule has 2 aromatic heterocycles. The molecule has 2 nitrogen and oxygen atoms in total. The molecule has 0 saturated heterocycles. The quantitative estimate of drug-likeness (QED) is 0.193. The molecular weight excluding hydrogens is 569 g/mol. The molecule has 0 amide bonds. The molecule has 0 radical (unpaired) electrons. The lowest BCUT2D eigenvalue weighted by molar-refractivity contribution is 0.324. The van der Waals surface area contributed by atoms with Crippen LogP contribution in [-0.2, 0) is 6.42 Å². The first-order valence-corrected chi connectivity index (χ1v) is 17.6. The predicted octanol–water partition coefficient (Wildman–Crippen LogP) is 11.9. The fraction of sp³-hybridized carbons (Fsp3) is 0.244. The molecule has 5 aromatic rings. The molecule has 2 atom stereocenters. The van der Waals surface area contributed by atoms with E-state index in [1.54, 1.807) is 11.1 Å². The Morgan fingerprint density at radius 3 is 2.26 bits per heavy atom. The van der Waals surface area contributed by atoms with Gasteiger partial charge in [-0.1, -0.05) is 92.3 Å². The van der Waals surface area contributed by atoms with Crippen LogP contribution in [0.1, 0.15) is 57.2 Å². The Labute approximate surface area is 277 Å². The first kappa shape index (κ1) is 27.3. The number of para-hydroxylation sites is 1. The van der Waals surface area contributed by atoms with Gasteiger partial charge < -0.3 is 9.13 Å². The van der Waals surface area contributed by atoms with E-state index in [0.717, 1.165) is 32.1 Å². The van der Waals surface area contributed by atoms with Crippen LogP contribution in [0.4, 0.5) is 0 Å². The van der Waals surface area contributed by atoms with Gasteiger partial charge in [-0.05, 0) is 115 Å². The molecule has 47 heavy (non-hydrogen) atoms. The molecule has 2 heterocycles. The lowest BCUT2D eigenvalue weighted by atomic mass is 9.71. The van der Waals surface area contributed by atoms with Crippen molar-refractivity contribution in [3.05, 3.63) is 138 Å². The Hall–Kier alpha value is -4.82. The summed E-state index contributed by atoms with van der Waals surface area (Å²) >= 11 is 0. The van der Waals surface area contributed by atoms with Gasteiger partial charge in [0.25, 0.3) is 0 Å². The van der Waals surface area contributed by atoms with Crippen LogP contribution in [-0.4, -0.2) is 9.13 Å². The minimum absolute atomic E-state index is 0.0786. The normalized spacial score (nSPS) is 22.6. The highest BCUT2D eigenvalue weighted by molar-refractivity contribution is 6.11. The Kier molecular flexibility index (Phi) is 5.86. The van der Waals surface area contributed by atoms with Crippen LogP contribution < -0.4 is 0 Å². The summed E-state index contributed by atoms with van der Waals surface area (Å²) in [6, 6.07) is 23.4. The number of allylic oxidation sites excluding steroid dienone is 13. The number of benzene rings is 3. The van der Waals surface area contributed by atoms with Crippen LogP contribution in [0.15, 0.2) is 126 Å². The zero-order valence-corrected chi connectivity index (χ0v) is 27.3. The largest absolute Gasteiger partial charge is 0.313 e. The van der Waals surface area contributed by atoms with E-state index in [0.29, 0.717) is 11.8 Å². The summed E-state index contributed by atoms with van der Waals surface area (Å²) in [6.07, 6.45) is 30.3. The summed E-state index contributed by atoms with van der Waals surface area (Å²) in [5, 5.41) is 4.07. The molecule has 0 N–H and O–H groups in total. The smallest absolute Gasteiger partial charge is 0.0538 e. The van der Waals surface area contributed by atoms with Gasteiger partial charge in [-0.15, -0.1) is 0 Å². The van der Waals surface area contributed by atoms with Crippen LogP contribution in [0.5, 0.6) is 0 Å². The maximum absolute atomic E-state index is 2.60. The lowest BCUT2D eigenvalue weighted by Gasteiger charge is -2.36. The van der Waals surface area contributed by atoms with Gasteiger partial charge in [-0.2, -0.15) is 0 Å². The molecule has 0 bridgehead atoms. The third-order valence-corrected chi connectivity index (χ3v) is 11.8. The highest BCUT2D eigenvalue weighted by atomic mass is 15.0. The molecule has 10 rings (SSSR count). The molecule has 2 heteroatoms. The number of aromatic nitrogens is 2. The van der Waals surface area contributed by atoms with Gasteiger partial charge in [0.2, 0.25) is 0 Å². The van der Waals surface area contributed by atoms with Crippen LogP contribution in [0.3, 0.4) is 0 Å². The maximum Gasteiger partial charge on any atom is 0.0538 e. The minimum atomic E-state index is 0.0786. The summed E-state index contributed by atoms with van der Waals surface area (Å²) in [6.45, 7) is 4.95. The highest BCUT2D eigenvalue weighted by Crippen LogP contribution is 2.59. The maximum atomic E-state index is 2.60. The second kappa shape index (κ2) is 10.1. The molecule has 0 saturated carbocycles. The number of hydrogen-bond donors (Lipinski definition) is 0. The Bertz CT molecular complexity index is 2380. The van der Waals surface area contributed by atoms with E-state index >= 15 is 0 Å². The third kappa shape index (κ3) is 3.85. The molecule has 0 spiro atoms. The van der Waals surface area contributed by atoms with Gasteiger partial charge in [-0.25, -0.2) is 0 Å². The number of nitrogens with zero attached hydrogens (tertiary/aromatic N) is 2. The molecule has 2 unspecified atom stereocenters. The van der Waals surface area contributed by atoms with Crippen molar-refractivity contribution in [1.29, 1.82) is 0 Å². The van der Waals surface area contributed by atoms with Crippen molar-refractivity contribution in [2.75, 3.05) is 0 Å². The summed E-state index contributed by atoms with van der Waals surface area (Å²) in [7, 11) is 0. The fourth-order valence-electron chi connectivity index (χ4n) is 9.78. The van der Waals surface area contributed by atoms with Crippen molar-refractivity contribution in [2.24, 2.45) is 17.3 Å². The van der Waals surface area contributed by atoms with E-state index < -0.39 is 0 Å². The SMILES string of the molecule is CC1(C)C2=C(CCC=C2)C2C=CC=C(n3c4ccccc4c4cc(-c5ccc6c(c5)c5c(n6C6=CC=CCC6)C=CCC5)ccc43)C21. The van der Waals surface area contributed by atoms with E-state index in [4.69, 9.17) is 0 Å². The summed E-state index contributed by atoms with van der Waals surface area (Å²) in [5.74, 6) is 0.890. The van der Waals surface area contributed by atoms with E-state index in [2.05, 4.69) is 144 Å². The number of rotatable bonds is 3. The number of aryl methyl sites for hydroxylation is 1. The van der Waals surface area contributed by atoms with Gasteiger partial charge in [0.15, 0.2) is 0 Å². The molecule has 230 valence electrons. The van der Waals surface area contributed by atoms with Crippen molar-refractivity contribution in [3.63, 3.8) is 0 Å². The van der Waals surface area contributed by atoms with Crippen LogP contribution in [0, 0.1) is 17.3 Å². The molecule has 0 fully saturated rings. The second-order valence-electron chi connectivity index (χ2n) is 14.7. The lowest BCUT2D eigenvalue weighted by Crippen LogP contribution is -2.29. The zero-order chi connectivity index (χ0) is 31.3. The van der Waals surface area contributed by atoms with Gasteiger partial charge >= 0.3 is 0 Å². The van der Waals surface area contributed by atoms with Gasteiger partial charge in [0.1, 0.15) is 0 Å². The van der Waals surface area contributed by atoms with Crippen LogP contribution in [0.25, 0.3) is 61.3 Å². The fourth-order valence-corrected chi connectivity index (χ4v) is 9.78. The van der Waals surface area contributed by atoms with Gasteiger partial charge in [-0.3, -0.25) is 0 Å². The van der Waals surface area contributed by atoms with E-state index in [-0.39, 0.29) is 5.41 Å². The predicted molar refractivity (Wildman–Crippen MR) is 200 cm³/mol. The summed E-state index contributed by atoms with van der Waals surface area (Å²) in [4.78, 5) is 0. The molecule has 5 aliphatic carbocycles. The van der Waals surface area contributed by atoms with Crippen molar-refractivity contribution in [3.8, 4) is 11.1 Å². The molecule has 0 aliphatic heterocycles. The first-order valence-electron chi connectivity index (χ1n) is 17.6. The van der Waals surface area contributed by atoms with Crippen molar-refractivity contribution in [2.45, 2.75) is 52.4 Å². The monoisotopic (exact) mass is 608 g/mol. The number of hydrogen-bond acceptors (Lipinski definition) is 0. The average molecular weight is 609 g/mol. The Morgan fingerprint density at radius 1 is 0.660 bits per heavy atom. The topological polar surface area (TPSA) is 9.86 Å².